The summed E-state index contributed by atoms with van der Waals surface area (Å²) in [5.41, 5.74) is 1.10. The van der Waals surface area contributed by atoms with Crippen LogP contribution < -0.4 is 0 Å². The summed E-state index contributed by atoms with van der Waals surface area (Å²) >= 11 is 0. The minimum atomic E-state index is 1.10. The average molecular weight is 106 g/mol. The molecule has 0 N–H and O–H groups in total. The summed E-state index contributed by atoms with van der Waals surface area (Å²) in [5.74, 6) is 0. The van der Waals surface area contributed by atoms with Crippen LogP contribution in [0.25, 0.3) is 0 Å². The Morgan fingerprint density at radius 3 is 3.25 bits per heavy atom. The summed E-state index contributed by atoms with van der Waals surface area (Å²) in [7, 11) is 0. The van der Waals surface area contributed by atoms with Gasteiger partial charge in [-0.05, 0) is 18.6 Å². The fourth-order valence-electron chi connectivity index (χ4n) is 0.395. The van der Waals surface area contributed by atoms with Gasteiger partial charge in [-0.2, -0.15) is 9.98 Å². The van der Waals surface area contributed by atoms with Crippen LogP contribution in [-0.4, -0.2) is 6.01 Å². The molecule has 0 aromatic heterocycles. The number of hydrogen-bond donors (Lipinski definition) is 0. The maximum atomic E-state index is 3.71. The normalized spacial score (nSPS) is 15.9. The molecule has 0 aromatic rings. The van der Waals surface area contributed by atoms with Gasteiger partial charge >= 0.3 is 0 Å². The minimum absolute atomic E-state index is 1.10. The fraction of sp³-hybridized carbons (Fsp3) is 0.167. The van der Waals surface area contributed by atoms with Crippen LogP contribution in [0.3, 0.4) is 0 Å². The number of rotatable bonds is 0. The van der Waals surface area contributed by atoms with E-state index in [1.807, 2.05) is 13.0 Å². The van der Waals surface area contributed by atoms with Crippen molar-refractivity contribution in [1.82, 2.24) is 0 Å². The van der Waals surface area contributed by atoms with Crippen LogP contribution in [0.5, 0.6) is 0 Å². The molecule has 0 spiro atoms. The van der Waals surface area contributed by atoms with Crippen molar-refractivity contribution in [3.8, 4) is 0 Å². The first kappa shape index (κ1) is 5.01. The van der Waals surface area contributed by atoms with Crippen LogP contribution in [0.2, 0.25) is 0 Å². The van der Waals surface area contributed by atoms with Crippen molar-refractivity contribution in [1.29, 1.82) is 0 Å². The molecule has 0 atom stereocenters. The van der Waals surface area contributed by atoms with Crippen LogP contribution in [0.4, 0.5) is 0 Å². The van der Waals surface area contributed by atoms with Gasteiger partial charge in [-0.25, -0.2) is 0 Å². The first-order valence-electron chi connectivity index (χ1n) is 2.37. The Hall–Kier alpha value is -1.14. The van der Waals surface area contributed by atoms with Crippen molar-refractivity contribution >= 4 is 6.01 Å². The first-order valence-corrected chi connectivity index (χ1v) is 2.37. The highest BCUT2D eigenvalue weighted by molar-refractivity contribution is 5.46. The molecule has 0 fully saturated rings. The Morgan fingerprint density at radius 1 is 1.50 bits per heavy atom. The molecule has 0 bridgehead atoms. The van der Waals surface area contributed by atoms with E-state index in [9.17, 15) is 0 Å². The van der Waals surface area contributed by atoms with E-state index in [2.05, 4.69) is 16.0 Å². The van der Waals surface area contributed by atoms with E-state index < -0.39 is 0 Å². The summed E-state index contributed by atoms with van der Waals surface area (Å²) in [6.45, 7) is 1.96. The molecule has 2 heteroatoms. The fourth-order valence-corrected chi connectivity index (χ4v) is 0.395. The van der Waals surface area contributed by atoms with Crippen molar-refractivity contribution < 1.29 is 0 Å². The van der Waals surface area contributed by atoms with Gasteiger partial charge in [0, 0.05) is 12.4 Å². The molecule has 1 rings (SSSR count). The minimum Gasteiger partial charge on any atom is -0.196 e. The SMILES string of the molecule is CC1=CN=C=NC=C1. The van der Waals surface area contributed by atoms with Gasteiger partial charge in [0.05, 0.1) is 6.01 Å². The zero-order valence-electron chi connectivity index (χ0n) is 4.63. The largest absolute Gasteiger partial charge is 0.196 e. The average Bonchev–Trinajstić information content (AvgIpc) is 1.94. The van der Waals surface area contributed by atoms with E-state index in [0.717, 1.165) is 5.57 Å². The Balaban J connectivity index is 2.90. The second-order valence-electron chi connectivity index (χ2n) is 1.55. The lowest BCUT2D eigenvalue weighted by atomic mass is 10.3. The number of allylic oxidation sites excluding steroid dienone is 2. The zero-order valence-corrected chi connectivity index (χ0v) is 4.63. The number of nitrogens with zero attached hydrogens (tertiary/aromatic N) is 2. The van der Waals surface area contributed by atoms with Crippen LogP contribution in [0.15, 0.2) is 34.0 Å². The van der Waals surface area contributed by atoms with Crippen molar-refractivity contribution in [2.24, 2.45) is 9.98 Å². The summed E-state index contributed by atoms with van der Waals surface area (Å²) in [5, 5.41) is 0. The molecule has 0 aliphatic carbocycles. The monoisotopic (exact) mass is 106 g/mol. The highest BCUT2D eigenvalue weighted by Gasteiger charge is 1.78. The summed E-state index contributed by atoms with van der Waals surface area (Å²) < 4.78 is 0. The molecule has 0 saturated carbocycles. The summed E-state index contributed by atoms with van der Waals surface area (Å²) in [6.07, 6.45) is 5.26. The van der Waals surface area contributed by atoms with Crippen LogP contribution >= 0.6 is 0 Å². The first-order chi connectivity index (χ1) is 3.89. The molecule has 1 heterocycles. The van der Waals surface area contributed by atoms with Crippen LogP contribution in [-0.2, 0) is 0 Å². The molecule has 0 saturated heterocycles. The molecular formula is C6H6N2. The Morgan fingerprint density at radius 2 is 2.38 bits per heavy atom. The lowest BCUT2D eigenvalue weighted by Gasteiger charge is -1.78. The topological polar surface area (TPSA) is 24.7 Å². The van der Waals surface area contributed by atoms with Crippen molar-refractivity contribution in [3.63, 3.8) is 0 Å². The van der Waals surface area contributed by atoms with E-state index in [1.165, 1.54) is 0 Å². The van der Waals surface area contributed by atoms with E-state index >= 15 is 0 Å². The van der Waals surface area contributed by atoms with Gasteiger partial charge in [-0.15, -0.1) is 0 Å². The third-order valence-electron chi connectivity index (χ3n) is 0.796. The molecule has 0 radical (unpaired) electrons. The molecule has 0 aromatic carbocycles. The van der Waals surface area contributed by atoms with Crippen molar-refractivity contribution in [3.05, 3.63) is 24.0 Å². The third kappa shape index (κ3) is 1.17. The predicted octanol–water partition coefficient (Wildman–Crippen LogP) is 1.59. The maximum Gasteiger partial charge on any atom is 0.0993 e. The Bertz CT molecular complexity index is 193. The zero-order chi connectivity index (χ0) is 5.82. The molecule has 1 aliphatic heterocycles. The van der Waals surface area contributed by atoms with Gasteiger partial charge in [0.1, 0.15) is 0 Å². The molecule has 8 heavy (non-hydrogen) atoms. The summed E-state index contributed by atoms with van der Waals surface area (Å²) in [4.78, 5) is 7.38. The highest BCUT2D eigenvalue weighted by atomic mass is 14.8. The second-order valence-corrected chi connectivity index (χ2v) is 1.55. The van der Waals surface area contributed by atoms with Crippen molar-refractivity contribution in [2.45, 2.75) is 6.92 Å². The Kier molecular flexibility index (Phi) is 1.40. The highest BCUT2D eigenvalue weighted by Crippen LogP contribution is 1.95. The molecule has 1 aliphatic rings. The molecule has 40 valence electrons. The quantitative estimate of drug-likeness (QED) is 0.448. The summed E-state index contributed by atoms with van der Waals surface area (Å²) in [6, 6.07) is 2.46. The third-order valence-corrected chi connectivity index (χ3v) is 0.796. The second kappa shape index (κ2) is 2.24. The van der Waals surface area contributed by atoms with Gasteiger partial charge < -0.3 is 0 Å². The standard InChI is InChI=1S/C6H6N2/c1-6-2-3-7-5-8-4-6/h2-4H,1H3. The van der Waals surface area contributed by atoms with Gasteiger partial charge in [0.15, 0.2) is 0 Å². The van der Waals surface area contributed by atoms with E-state index in [0.29, 0.717) is 0 Å². The number of hydrogen-bond acceptors (Lipinski definition) is 2. The molecule has 2 nitrogen and oxygen atoms in total. The smallest absolute Gasteiger partial charge is 0.0993 e. The van der Waals surface area contributed by atoms with Crippen molar-refractivity contribution in [2.75, 3.05) is 0 Å². The molecule has 0 unspecified atom stereocenters. The number of aliphatic imine (C=N–C) groups is 2. The maximum absolute atomic E-state index is 3.71. The lowest BCUT2D eigenvalue weighted by molar-refractivity contribution is 1.44. The van der Waals surface area contributed by atoms with E-state index in [1.54, 1.807) is 12.4 Å². The van der Waals surface area contributed by atoms with Gasteiger partial charge in [-0.3, -0.25) is 0 Å². The predicted molar refractivity (Wildman–Crippen MR) is 32.8 cm³/mol. The lowest BCUT2D eigenvalue weighted by Crippen LogP contribution is -1.60. The van der Waals surface area contributed by atoms with E-state index in [4.69, 9.17) is 0 Å². The van der Waals surface area contributed by atoms with Crippen LogP contribution in [0, 0.1) is 0 Å². The molecular weight excluding hydrogens is 100 g/mol. The van der Waals surface area contributed by atoms with Gasteiger partial charge in [0.25, 0.3) is 0 Å². The molecule has 0 amide bonds. The van der Waals surface area contributed by atoms with Crippen LogP contribution in [0.1, 0.15) is 6.92 Å². The van der Waals surface area contributed by atoms with Gasteiger partial charge in [0.2, 0.25) is 0 Å². The van der Waals surface area contributed by atoms with E-state index in [-0.39, 0.29) is 0 Å². The van der Waals surface area contributed by atoms with Gasteiger partial charge in [-0.1, -0.05) is 0 Å². The Labute approximate surface area is 48.0 Å².